The third kappa shape index (κ3) is 5.07. The highest BCUT2D eigenvalue weighted by atomic mass is 19.1. The molecule has 0 spiro atoms. The molecule has 0 radical (unpaired) electrons. The Morgan fingerprint density at radius 2 is 1.62 bits per heavy atom. The summed E-state index contributed by atoms with van der Waals surface area (Å²) in [5.41, 5.74) is -0.775. The summed E-state index contributed by atoms with van der Waals surface area (Å²) in [6, 6.07) is 12.4. The molecular weight excluding hydrogens is 511 g/mol. The largest absolute Gasteiger partial charge is 0.418 e. The Hall–Kier alpha value is -4.67. The van der Waals surface area contributed by atoms with E-state index in [0.717, 1.165) is 55.2 Å². The number of nitrogens with zero attached hydrogens (tertiary/aromatic N) is 3. The molecule has 2 amide bonds. The first-order chi connectivity index (χ1) is 18.7. The molecule has 8 nitrogen and oxygen atoms in total. The van der Waals surface area contributed by atoms with Crippen LogP contribution in [-0.2, 0) is 5.54 Å². The lowest BCUT2D eigenvalue weighted by Crippen LogP contribution is -2.50. The highest BCUT2D eigenvalue weighted by Gasteiger charge is 2.40. The van der Waals surface area contributed by atoms with Crippen LogP contribution in [0.15, 0.2) is 65.2 Å². The molecule has 1 saturated carbocycles. The van der Waals surface area contributed by atoms with Gasteiger partial charge in [-0.3, -0.25) is 9.59 Å². The van der Waals surface area contributed by atoms with E-state index in [0.29, 0.717) is 11.7 Å². The Bertz CT molecular complexity index is 1530. The van der Waals surface area contributed by atoms with Crippen molar-refractivity contribution in [3.63, 3.8) is 0 Å². The monoisotopic (exact) mass is 535 g/mol. The molecule has 11 heteroatoms. The van der Waals surface area contributed by atoms with E-state index >= 15 is 0 Å². The number of amides is 2. The number of aromatic nitrogens is 2. The van der Waals surface area contributed by atoms with E-state index in [1.54, 1.807) is 43.3 Å². The number of oxazole rings is 1. The van der Waals surface area contributed by atoms with Crippen LogP contribution in [0.25, 0.3) is 11.3 Å². The second-order valence-corrected chi connectivity index (χ2v) is 9.45. The summed E-state index contributed by atoms with van der Waals surface area (Å²) in [4.78, 5) is 35.3. The number of benzene rings is 2. The molecule has 0 bridgehead atoms. The van der Waals surface area contributed by atoms with E-state index in [9.17, 15) is 22.8 Å². The van der Waals surface area contributed by atoms with Gasteiger partial charge in [-0.1, -0.05) is 18.2 Å². The topological polar surface area (TPSA) is 100 Å². The van der Waals surface area contributed by atoms with Crippen molar-refractivity contribution in [2.75, 3.05) is 24.3 Å². The van der Waals surface area contributed by atoms with Crippen LogP contribution in [0.1, 0.15) is 45.9 Å². The van der Waals surface area contributed by atoms with Crippen molar-refractivity contribution in [1.29, 1.82) is 0 Å². The zero-order valence-corrected chi connectivity index (χ0v) is 21.1. The summed E-state index contributed by atoms with van der Waals surface area (Å²) in [7, 11) is 3.52. The van der Waals surface area contributed by atoms with Gasteiger partial charge >= 0.3 is 0 Å². The molecule has 2 aromatic heterocycles. The van der Waals surface area contributed by atoms with Gasteiger partial charge in [0.1, 0.15) is 28.8 Å². The fourth-order valence-corrected chi connectivity index (χ4v) is 4.41. The summed E-state index contributed by atoms with van der Waals surface area (Å²) in [6.07, 6.45) is 3.77. The number of carbonyl (C=O) groups excluding carboxylic acids is 2. The maximum absolute atomic E-state index is 14.4. The van der Waals surface area contributed by atoms with Gasteiger partial charge in [0.05, 0.1) is 17.3 Å². The Kier molecular flexibility index (Phi) is 6.81. The van der Waals surface area contributed by atoms with E-state index < -0.39 is 40.2 Å². The predicted octanol–water partition coefficient (Wildman–Crippen LogP) is 5.28. The van der Waals surface area contributed by atoms with Crippen molar-refractivity contribution in [2.45, 2.75) is 24.8 Å². The maximum atomic E-state index is 14.4. The van der Waals surface area contributed by atoms with Gasteiger partial charge in [-0.05, 0) is 61.2 Å². The van der Waals surface area contributed by atoms with Crippen LogP contribution < -0.4 is 15.5 Å². The lowest BCUT2D eigenvalue weighted by molar-refractivity contribution is 0.0795. The van der Waals surface area contributed by atoms with Gasteiger partial charge in [0, 0.05) is 19.8 Å². The summed E-state index contributed by atoms with van der Waals surface area (Å²) in [5, 5.41) is 5.71. The first kappa shape index (κ1) is 26.0. The lowest BCUT2D eigenvalue weighted by Gasteiger charge is -2.43. The molecule has 0 saturated heterocycles. The molecule has 2 heterocycles. The Labute approximate surface area is 221 Å². The molecule has 0 aliphatic heterocycles. The molecule has 1 aliphatic rings. The second-order valence-electron chi connectivity index (χ2n) is 9.45. The number of hydrogen-bond acceptors (Lipinski definition) is 6. The summed E-state index contributed by atoms with van der Waals surface area (Å²) in [5.74, 6) is -3.90. The van der Waals surface area contributed by atoms with E-state index in [4.69, 9.17) is 4.42 Å². The molecular formula is C28H24F3N5O3. The molecule has 2 N–H and O–H groups in total. The van der Waals surface area contributed by atoms with Gasteiger partial charge in [-0.2, -0.15) is 0 Å². The molecule has 0 atom stereocenters. The minimum atomic E-state index is -0.993. The van der Waals surface area contributed by atoms with Crippen molar-refractivity contribution >= 4 is 23.5 Å². The molecule has 0 unspecified atom stereocenters. The normalized spacial score (nSPS) is 13.9. The molecule has 5 rings (SSSR count). The Morgan fingerprint density at radius 1 is 0.923 bits per heavy atom. The Morgan fingerprint density at radius 3 is 2.21 bits per heavy atom. The summed E-state index contributed by atoms with van der Waals surface area (Å²) < 4.78 is 48.2. The number of halogens is 3. The number of pyridine rings is 1. The van der Waals surface area contributed by atoms with Crippen LogP contribution in [-0.4, -0.2) is 35.9 Å². The highest BCUT2D eigenvalue weighted by Crippen LogP contribution is 2.42. The molecule has 1 aliphatic carbocycles. The van der Waals surface area contributed by atoms with E-state index in [1.165, 1.54) is 6.20 Å². The van der Waals surface area contributed by atoms with Gasteiger partial charge < -0.3 is 20.0 Å². The summed E-state index contributed by atoms with van der Waals surface area (Å²) in [6.45, 7) is 0. The van der Waals surface area contributed by atoms with Crippen LogP contribution in [0.2, 0.25) is 0 Å². The molecule has 39 heavy (non-hydrogen) atoms. The standard InChI is InChI=1S/C28H24F3N5O3/c1-36(2)27-32-15-22(39-27)26(38)35-28(13-4-14-28)16-7-9-17(10-8-16)33-25(37)21-12-11-20(31)24(34-21)23-18(29)5-3-6-19(23)30/h3,5-12,15H,4,13-14H2,1-2H3,(H,33,37)(H,35,38). The zero-order valence-electron chi connectivity index (χ0n) is 21.1. The number of carbonyl (C=O) groups is 2. The molecule has 200 valence electrons. The van der Waals surface area contributed by atoms with Gasteiger partial charge in [-0.25, -0.2) is 23.1 Å². The number of anilines is 2. The highest BCUT2D eigenvalue weighted by molar-refractivity contribution is 6.03. The van der Waals surface area contributed by atoms with Crippen LogP contribution >= 0.6 is 0 Å². The Balaban J connectivity index is 1.31. The SMILES string of the molecule is CN(C)c1ncc(C(=O)NC2(c3ccc(NC(=O)c4ccc(F)c(-c5c(F)cccc5F)n4)cc3)CCC2)o1. The third-order valence-corrected chi connectivity index (χ3v) is 6.63. The molecule has 4 aromatic rings. The average Bonchev–Trinajstić information content (AvgIpc) is 3.39. The second kappa shape index (κ2) is 10.2. The quantitative estimate of drug-likeness (QED) is 0.334. The lowest BCUT2D eigenvalue weighted by atomic mass is 9.71. The first-order valence-electron chi connectivity index (χ1n) is 12.2. The van der Waals surface area contributed by atoms with Crippen molar-refractivity contribution in [3.8, 4) is 11.3 Å². The van der Waals surface area contributed by atoms with Crippen molar-refractivity contribution < 1.29 is 27.2 Å². The average molecular weight is 536 g/mol. The smallest absolute Gasteiger partial charge is 0.297 e. The van der Waals surface area contributed by atoms with Gasteiger partial charge in [0.15, 0.2) is 0 Å². The van der Waals surface area contributed by atoms with Crippen molar-refractivity contribution in [2.24, 2.45) is 0 Å². The minimum absolute atomic E-state index is 0.107. The van der Waals surface area contributed by atoms with Gasteiger partial charge in [0.25, 0.3) is 17.8 Å². The van der Waals surface area contributed by atoms with Crippen molar-refractivity contribution in [1.82, 2.24) is 15.3 Å². The van der Waals surface area contributed by atoms with E-state index in [2.05, 4.69) is 20.6 Å². The fraction of sp³-hybridized carbons (Fsp3) is 0.214. The summed E-state index contributed by atoms with van der Waals surface area (Å²) >= 11 is 0. The predicted molar refractivity (Wildman–Crippen MR) is 138 cm³/mol. The van der Waals surface area contributed by atoms with Crippen molar-refractivity contribution in [3.05, 3.63) is 95.3 Å². The maximum Gasteiger partial charge on any atom is 0.297 e. The first-order valence-corrected chi connectivity index (χ1v) is 12.2. The van der Waals surface area contributed by atoms with Crippen LogP contribution in [0, 0.1) is 17.5 Å². The van der Waals surface area contributed by atoms with Crippen LogP contribution in [0.3, 0.4) is 0 Å². The van der Waals surface area contributed by atoms with E-state index in [1.807, 2.05) is 0 Å². The number of hydrogen-bond donors (Lipinski definition) is 2. The van der Waals surface area contributed by atoms with E-state index in [-0.39, 0.29) is 17.4 Å². The zero-order chi connectivity index (χ0) is 27.7. The molecule has 1 fully saturated rings. The van der Waals surface area contributed by atoms with Gasteiger partial charge in [-0.15, -0.1) is 0 Å². The van der Waals surface area contributed by atoms with Crippen LogP contribution in [0.5, 0.6) is 0 Å². The number of rotatable bonds is 7. The fourth-order valence-electron chi connectivity index (χ4n) is 4.41. The van der Waals surface area contributed by atoms with Crippen LogP contribution in [0.4, 0.5) is 24.9 Å². The third-order valence-electron chi connectivity index (χ3n) is 6.63. The minimum Gasteiger partial charge on any atom is -0.418 e. The molecule has 2 aromatic carbocycles. The number of nitrogens with one attached hydrogen (secondary N) is 2. The van der Waals surface area contributed by atoms with Gasteiger partial charge in [0.2, 0.25) is 5.76 Å².